The fourth-order valence-electron chi connectivity index (χ4n) is 3.85. The van der Waals surface area contributed by atoms with Crippen molar-refractivity contribution < 1.29 is 37.8 Å². The Morgan fingerprint density at radius 1 is 0.673 bits per heavy atom. The number of Topliss-reactive ketones (excluding diaryl/α,β-unsaturated/α-hetero) is 1. The summed E-state index contributed by atoms with van der Waals surface area (Å²) in [5.74, 6) is -0.764. The topological polar surface area (TPSA) is 108 Å². The standard InChI is InChI=1S/C20H32O4Si.C11H24O3Si.C10H12O.CH4/c1-15(2)19(24-25(6,7)20(3,4)5)17(21)13-18(22)23-14-16-11-9-8-10-12-16;1-8(2)9(10(12)13)14-15(6,7)11(3,4)5;1-9(2)11-8-10-6-4-3-5-7-10;/h8-12,15,19H,13-14H2,1-7H3;8-9H,1-7H3,(H,12,13);3-7H,1,8H2,2H3;1H4/t19-;9-;;/m10../s1. The molecule has 52 heavy (non-hydrogen) atoms. The molecule has 0 bridgehead atoms. The van der Waals surface area contributed by atoms with Gasteiger partial charge in [-0.15, -0.1) is 0 Å². The molecule has 0 aliphatic carbocycles. The Kier molecular flexibility index (Phi) is 22.5. The van der Waals surface area contributed by atoms with Crippen molar-refractivity contribution in [1.29, 1.82) is 0 Å². The van der Waals surface area contributed by atoms with Gasteiger partial charge in [-0.05, 0) is 66.2 Å². The second-order valence-corrected chi connectivity index (χ2v) is 26.2. The summed E-state index contributed by atoms with van der Waals surface area (Å²) in [4.78, 5) is 35.7. The van der Waals surface area contributed by atoms with E-state index in [0.29, 0.717) is 6.61 Å². The maximum absolute atomic E-state index is 12.6. The molecule has 0 spiro atoms. The number of rotatable bonds is 15. The molecular weight excluding hydrogens is 689 g/mol. The molecule has 0 heterocycles. The molecule has 0 radical (unpaired) electrons. The van der Waals surface area contributed by atoms with Gasteiger partial charge in [0.25, 0.3) is 0 Å². The minimum atomic E-state index is -2.09. The number of aliphatic carboxylic acids is 1. The van der Waals surface area contributed by atoms with Crippen molar-refractivity contribution in [2.75, 3.05) is 0 Å². The fourth-order valence-corrected chi connectivity index (χ4v) is 6.60. The predicted molar refractivity (Wildman–Crippen MR) is 220 cm³/mol. The lowest BCUT2D eigenvalue weighted by Crippen LogP contribution is -2.48. The molecule has 8 nitrogen and oxygen atoms in total. The van der Waals surface area contributed by atoms with Gasteiger partial charge < -0.3 is 23.4 Å². The Bertz CT molecular complexity index is 1340. The number of esters is 1. The fraction of sp³-hybridized carbons (Fsp3) is 0.595. The number of carbonyl (C=O) groups excluding carboxylic acids is 2. The van der Waals surface area contributed by atoms with Crippen LogP contribution in [0.3, 0.4) is 0 Å². The van der Waals surface area contributed by atoms with E-state index in [1.165, 1.54) is 5.56 Å². The van der Waals surface area contributed by atoms with Gasteiger partial charge in [-0.1, -0.05) is 144 Å². The van der Waals surface area contributed by atoms with Crippen LogP contribution in [-0.2, 0) is 45.9 Å². The SMILES string of the molecule is C.C=C(C)OCc1ccccc1.CC(C)[C@@H](O[Si](C)(C)C(C)(C)C)C(=O)CC(=O)OCc1ccccc1.CC(C)[C@H](O[Si](C)(C)C(C)(C)C)C(=O)O. The highest BCUT2D eigenvalue weighted by Gasteiger charge is 2.42. The van der Waals surface area contributed by atoms with E-state index in [9.17, 15) is 14.4 Å². The molecule has 0 aromatic heterocycles. The van der Waals surface area contributed by atoms with Crippen molar-refractivity contribution in [3.05, 3.63) is 84.1 Å². The number of carboxylic acids is 1. The number of ketones is 1. The molecule has 2 rings (SSSR count). The van der Waals surface area contributed by atoms with E-state index in [1.54, 1.807) is 0 Å². The first-order chi connectivity index (χ1) is 23.2. The second kappa shape index (κ2) is 22.9. The first-order valence-electron chi connectivity index (χ1n) is 17.8. The molecule has 2 aromatic rings. The molecule has 0 unspecified atom stereocenters. The summed E-state index contributed by atoms with van der Waals surface area (Å²) < 4.78 is 22.6. The van der Waals surface area contributed by atoms with E-state index < -0.39 is 40.8 Å². The van der Waals surface area contributed by atoms with Crippen LogP contribution in [-0.4, -0.2) is 51.7 Å². The minimum Gasteiger partial charge on any atom is -0.494 e. The largest absolute Gasteiger partial charge is 0.494 e. The van der Waals surface area contributed by atoms with Gasteiger partial charge >= 0.3 is 11.9 Å². The average Bonchev–Trinajstić information content (AvgIpc) is 3.00. The minimum absolute atomic E-state index is 0. The summed E-state index contributed by atoms with van der Waals surface area (Å²) in [6, 6.07) is 19.5. The highest BCUT2D eigenvalue weighted by molar-refractivity contribution is 6.74. The summed E-state index contributed by atoms with van der Waals surface area (Å²) in [5.41, 5.74) is 2.08. The van der Waals surface area contributed by atoms with Gasteiger partial charge in [0.15, 0.2) is 22.4 Å². The summed E-state index contributed by atoms with van der Waals surface area (Å²) in [6.07, 6.45) is -1.49. The van der Waals surface area contributed by atoms with Crippen molar-refractivity contribution in [2.45, 2.75) is 152 Å². The Labute approximate surface area is 319 Å². The maximum Gasteiger partial charge on any atom is 0.331 e. The van der Waals surface area contributed by atoms with Crippen LogP contribution in [0.4, 0.5) is 0 Å². The molecule has 0 aliphatic heterocycles. The number of allylic oxidation sites excluding steroid dienone is 1. The monoisotopic (exact) mass is 760 g/mol. The van der Waals surface area contributed by atoms with Crippen molar-refractivity contribution in [3.8, 4) is 0 Å². The molecule has 1 N–H and O–H groups in total. The third-order valence-corrected chi connectivity index (χ3v) is 18.0. The Morgan fingerprint density at radius 2 is 1.02 bits per heavy atom. The zero-order chi connectivity index (χ0) is 39.8. The second-order valence-electron chi connectivity index (χ2n) is 16.7. The van der Waals surface area contributed by atoms with Gasteiger partial charge in [0.2, 0.25) is 0 Å². The summed E-state index contributed by atoms with van der Waals surface area (Å²) in [5, 5.41) is 9.13. The Balaban J connectivity index is 0. The highest BCUT2D eigenvalue weighted by atomic mass is 28.4. The van der Waals surface area contributed by atoms with Crippen LogP contribution in [0.2, 0.25) is 36.3 Å². The van der Waals surface area contributed by atoms with E-state index in [2.05, 4.69) is 74.3 Å². The lowest BCUT2D eigenvalue weighted by Gasteiger charge is -2.39. The summed E-state index contributed by atoms with van der Waals surface area (Å²) in [7, 11) is -4.06. The lowest BCUT2D eigenvalue weighted by atomic mass is 10.0. The van der Waals surface area contributed by atoms with Crippen LogP contribution in [0.25, 0.3) is 0 Å². The molecule has 2 atom stereocenters. The number of carboxylic acid groups (broad SMARTS) is 1. The predicted octanol–water partition coefficient (Wildman–Crippen LogP) is 11.2. The first kappa shape index (κ1) is 51.1. The van der Waals surface area contributed by atoms with Crippen LogP contribution >= 0.6 is 0 Å². The first-order valence-corrected chi connectivity index (χ1v) is 23.7. The quantitative estimate of drug-likeness (QED) is 0.0827. The molecule has 296 valence electrons. The van der Waals surface area contributed by atoms with Gasteiger partial charge in [0.05, 0.1) is 5.76 Å². The van der Waals surface area contributed by atoms with Gasteiger partial charge in [-0.2, -0.15) is 0 Å². The van der Waals surface area contributed by atoms with Crippen LogP contribution in [0.1, 0.15) is 101 Å². The van der Waals surface area contributed by atoms with E-state index >= 15 is 0 Å². The van der Waals surface area contributed by atoms with E-state index in [4.69, 9.17) is 23.4 Å². The van der Waals surface area contributed by atoms with Crippen LogP contribution in [0.15, 0.2) is 73.0 Å². The van der Waals surface area contributed by atoms with Crippen LogP contribution in [0.5, 0.6) is 0 Å². The van der Waals surface area contributed by atoms with Gasteiger partial charge in [-0.25, -0.2) is 4.79 Å². The molecule has 0 aliphatic rings. The number of benzene rings is 2. The van der Waals surface area contributed by atoms with Crippen molar-refractivity contribution in [2.24, 2.45) is 11.8 Å². The lowest BCUT2D eigenvalue weighted by molar-refractivity contribution is -0.149. The van der Waals surface area contributed by atoms with Crippen LogP contribution in [0, 0.1) is 11.8 Å². The molecule has 0 fully saturated rings. The third kappa shape index (κ3) is 19.7. The van der Waals surface area contributed by atoms with Crippen molar-refractivity contribution >= 4 is 34.4 Å². The molecule has 0 amide bonds. The highest BCUT2D eigenvalue weighted by Crippen LogP contribution is 2.39. The normalized spacial score (nSPS) is 12.9. The zero-order valence-electron chi connectivity index (χ0n) is 34.2. The molecule has 0 saturated carbocycles. The van der Waals surface area contributed by atoms with Crippen molar-refractivity contribution in [3.63, 3.8) is 0 Å². The average molecular weight is 761 g/mol. The molecule has 0 saturated heterocycles. The number of hydrogen-bond acceptors (Lipinski definition) is 7. The Hall–Kier alpha value is -3.06. The zero-order valence-corrected chi connectivity index (χ0v) is 36.2. The molecule has 2 aromatic carbocycles. The van der Waals surface area contributed by atoms with Crippen molar-refractivity contribution in [1.82, 2.24) is 0 Å². The third-order valence-electron chi connectivity index (χ3n) is 9.12. The molecule has 10 heteroatoms. The summed E-state index contributed by atoms with van der Waals surface area (Å²) in [6.45, 7) is 35.1. The van der Waals surface area contributed by atoms with Gasteiger partial charge in [0, 0.05) is 0 Å². The van der Waals surface area contributed by atoms with E-state index in [0.717, 1.165) is 11.3 Å². The smallest absolute Gasteiger partial charge is 0.331 e. The van der Waals surface area contributed by atoms with E-state index in [-0.39, 0.29) is 48.1 Å². The molecular formula is C42H72O8Si2. The van der Waals surface area contributed by atoms with Gasteiger partial charge in [0.1, 0.15) is 31.8 Å². The number of carbonyl (C=O) groups is 3. The maximum atomic E-state index is 12.6. The summed E-state index contributed by atoms with van der Waals surface area (Å²) >= 11 is 0. The Morgan fingerprint density at radius 3 is 1.33 bits per heavy atom. The number of hydrogen-bond donors (Lipinski definition) is 1. The van der Waals surface area contributed by atoms with Crippen LogP contribution < -0.4 is 0 Å². The number of ether oxygens (including phenoxy) is 2. The van der Waals surface area contributed by atoms with Gasteiger partial charge in [-0.3, -0.25) is 9.59 Å². The van der Waals surface area contributed by atoms with E-state index in [1.807, 2.05) is 95.3 Å².